The quantitative estimate of drug-likeness (QED) is 0.357. The maximum absolute atomic E-state index is 6.76. The highest BCUT2D eigenvalue weighted by Gasteiger charge is 2.39. The molecule has 0 atom stereocenters. The molecule has 0 heterocycles. The normalized spacial score (nSPS) is 11.3. The molecule has 26 heavy (non-hydrogen) atoms. The predicted molar refractivity (Wildman–Crippen MR) is 110 cm³/mol. The molecule has 0 aliphatic carbocycles. The maximum atomic E-state index is 6.76. The van der Waals surface area contributed by atoms with E-state index in [-0.39, 0.29) is 0 Å². The van der Waals surface area contributed by atoms with Crippen LogP contribution in [0.2, 0.25) is 5.02 Å². The van der Waals surface area contributed by atoms with Crippen molar-refractivity contribution in [3.05, 3.63) is 143 Å². The van der Waals surface area contributed by atoms with E-state index in [0.29, 0.717) is 0 Å². The second-order valence-corrected chi connectivity index (χ2v) is 6.74. The van der Waals surface area contributed by atoms with Gasteiger partial charge in [0, 0.05) is 5.02 Å². The van der Waals surface area contributed by atoms with E-state index in [2.05, 4.69) is 103 Å². The van der Waals surface area contributed by atoms with Gasteiger partial charge in [0.2, 0.25) is 0 Å². The number of halogens is 1. The second kappa shape index (κ2) is 7.19. The fourth-order valence-corrected chi connectivity index (χ4v) is 4.07. The molecule has 0 N–H and O–H groups in total. The highest BCUT2D eigenvalue weighted by Crippen LogP contribution is 2.47. The average molecular weight is 355 g/mol. The van der Waals surface area contributed by atoms with Gasteiger partial charge in [-0.15, -0.1) is 0 Å². The predicted octanol–water partition coefficient (Wildman–Crippen LogP) is 6.72. The molecule has 0 aliphatic heterocycles. The molecule has 0 saturated carbocycles. The third kappa shape index (κ3) is 2.73. The van der Waals surface area contributed by atoms with Crippen molar-refractivity contribution < 1.29 is 0 Å². The summed E-state index contributed by atoms with van der Waals surface area (Å²) in [5.41, 5.74) is 4.22. The van der Waals surface area contributed by atoms with Gasteiger partial charge in [0.25, 0.3) is 0 Å². The van der Waals surface area contributed by atoms with Crippen LogP contribution in [0, 0.1) is 0 Å². The number of benzene rings is 4. The van der Waals surface area contributed by atoms with Gasteiger partial charge in [0.1, 0.15) is 0 Å². The molecular formula is C25H19Cl. The number of rotatable bonds is 4. The minimum atomic E-state index is -0.470. The Labute approximate surface area is 159 Å². The SMILES string of the molecule is Clc1ccccc1C(c1ccccc1)(c1ccccc1)c1ccccc1. The summed E-state index contributed by atoms with van der Waals surface area (Å²) in [6, 6.07) is 40.0. The van der Waals surface area contributed by atoms with Crippen molar-refractivity contribution in [2.24, 2.45) is 0 Å². The lowest BCUT2D eigenvalue weighted by atomic mass is 9.65. The molecule has 0 saturated heterocycles. The van der Waals surface area contributed by atoms with Gasteiger partial charge in [-0.25, -0.2) is 0 Å². The summed E-state index contributed by atoms with van der Waals surface area (Å²) in [6.45, 7) is 0. The van der Waals surface area contributed by atoms with E-state index in [4.69, 9.17) is 11.6 Å². The Balaban J connectivity index is 2.17. The van der Waals surface area contributed by atoms with Crippen LogP contribution in [0.3, 0.4) is 0 Å². The van der Waals surface area contributed by atoms with Crippen molar-refractivity contribution in [2.45, 2.75) is 5.41 Å². The van der Waals surface area contributed by atoms with Crippen molar-refractivity contribution >= 4 is 11.6 Å². The summed E-state index contributed by atoms with van der Waals surface area (Å²) < 4.78 is 0. The van der Waals surface area contributed by atoms with Crippen LogP contribution in [0.4, 0.5) is 0 Å². The Hall–Kier alpha value is -2.83. The van der Waals surface area contributed by atoms with E-state index >= 15 is 0 Å². The zero-order valence-electron chi connectivity index (χ0n) is 14.3. The lowest BCUT2D eigenvalue weighted by Crippen LogP contribution is -2.31. The number of hydrogen-bond acceptors (Lipinski definition) is 0. The van der Waals surface area contributed by atoms with Crippen molar-refractivity contribution in [3.63, 3.8) is 0 Å². The van der Waals surface area contributed by atoms with E-state index in [9.17, 15) is 0 Å². The molecule has 0 bridgehead atoms. The molecule has 0 spiro atoms. The lowest BCUT2D eigenvalue weighted by Gasteiger charge is -2.37. The Bertz CT molecular complexity index is 879. The lowest BCUT2D eigenvalue weighted by molar-refractivity contribution is 0.745. The van der Waals surface area contributed by atoms with Crippen LogP contribution in [-0.4, -0.2) is 0 Å². The van der Waals surface area contributed by atoms with Gasteiger partial charge >= 0.3 is 0 Å². The van der Waals surface area contributed by atoms with E-state index in [1.807, 2.05) is 12.1 Å². The van der Waals surface area contributed by atoms with Gasteiger partial charge in [-0.05, 0) is 28.3 Å². The van der Waals surface area contributed by atoms with E-state index < -0.39 is 5.41 Å². The Morgan fingerprint density at radius 2 is 0.769 bits per heavy atom. The number of hydrogen-bond donors (Lipinski definition) is 0. The van der Waals surface area contributed by atoms with Crippen LogP contribution in [-0.2, 0) is 5.41 Å². The first-order valence-corrected chi connectivity index (χ1v) is 9.13. The summed E-state index contributed by atoms with van der Waals surface area (Å²) in [4.78, 5) is 0. The third-order valence-corrected chi connectivity index (χ3v) is 5.23. The molecule has 0 radical (unpaired) electrons. The van der Waals surface area contributed by atoms with Crippen molar-refractivity contribution in [1.82, 2.24) is 0 Å². The maximum Gasteiger partial charge on any atom is 0.0716 e. The molecule has 0 fully saturated rings. The molecule has 4 aromatic rings. The fraction of sp³-hybridized carbons (Fsp3) is 0.0400. The molecule has 0 amide bonds. The van der Waals surface area contributed by atoms with E-state index in [1.54, 1.807) is 0 Å². The smallest absolute Gasteiger partial charge is 0.0716 e. The van der Waals surface area contributed by atoms with E-state index in [0.717, 1.165) is 10.6 Å². The zero-order chi connectivity index (χ0) is 17.8. The first kappa shape index (κ1) is 16.6. The zero-order valence-corrected chi connectivity index (χ0v) is 15.1. The highest BCUT2D eigenvalue weighted by molar-refractivity contribution is 6.31. The molecule has 4 rings (SSSR count). The summed E-state index contributed by atoms with van der Waals surface area (Å²) in [7, 11) is 0. The average Bonchev–Trinajstić information content (AvgIpc) is 2.72. The summed E-state index contributed by atoms with van der Waals surface area (Å²) in [6.07, 6.45) is 0. The van der Waals surface area contributed by atoms with Crippen molar-refractivity contribution in [3.8, 4) is 0 Å². The topological polar surface area (TPSA) is 0 Å². The fourth-order valence-electron chi connectivity index (χ4n) is 3.80. The summed E-state index contributed by atoms with van der Waals surface area (Å²) in [5, 5.41) is 0.768. The van der Waals surface area contributed by atoms with Gasteiger partial charge in [0.05, 0.1) is 5.41 Å². The molecule has 0 nitrogen and oxygen atoms in total. The molecule has 126 valence electrons. The first-order chi connectivity index (χ1) is 12.8. The minimum Gasteiger partial charge on any atom is -0.0840 e. The van der Waals surface area contributed by atoms with Gasteiger partial charge in [-0.3, -0.25) is 0 Å². The Kier molecular flexibility index (Phi) is 4.60. The van der Waals surface area contributed by atoms with Crippen LogP contribution in [0.25, 0.3) is 0 Å². The highest BCUT2D eigenvalue weighted by atomic mass is 35.5. The van der Waals surface area contributed by atoms with Crippen LogP contribution < -0.4 is 0 Å². The monoisotopic (exact) mass is 354 g/mol. The molecule has 0 unspecified atom stereocenters. The Morgan fingerprint density at radius 3 is 1.15 bits per heavy atom. The van der Waals surface area contributed by atoms with Crippen LogP contribution >= 0.6 is 11.6 Å². The Morgan fingerprint density at radius 1 is 0.423 bits per heavy atom. The summed E-state index contributed by atoms with van der Waals surface area (Å²) >= 11 is 6.76. The largest absolute Gasteiger partial charge is 0.0840 e. The first-order valence-electron chi connectivity index (χ1n) is 8.75. The van der Waals surface area contributed by atoms with E-state index in [1.165, 1.54) is 16.7 Å². The molecule has 1 heteroatoms. The molecule has 4 aromatic carbocycles. The van der Waals surface area contributed by atoms with Crippen LogP contribution in [0.5, 0.6) is 0 Å². The third-order valence-electron chi connectivity index (χ3n) is 4.90. The molecule has 0 aliphatic rings. The van der Waals surface area contributed by atoms with Crippen LogP contribution in [0.1, 0.15) is 22.3 Å². The molecular weight excluding hydrogens is 336 g/mol. The van der Waals surface area contributed by atoms with Crippen LogP contribution in [0.15, 0.2) is 115 Å². The van der Waals surface area contributed by atoms with Gasteiger partial charge in [-0.2, -0.15) is 0 Å². The van der Waals surface area contributed by atoms with Gasteiger partial charge < -0.3 is 0 Å². The van der Waals surface area contributed by atoms with Crippen molar-refractivity contribution in [1.29, 1.82) is 0 Å². The minimum absolute atomic E-state index is 0.470. The standard InChI is InChI=1S/C25H19Cl/c26-24-19-11-10-18-23(24)25(20-12-4-1-5-13-20,21-14-6-2-7-15-21)22-16-8-3-9-17-22/h1-19H. The second-order valence-electron chi connectivity index (χ2n) is 6.33. The van der Waals surface area contributed by atoms with Crippen molar-refractivity contribution in [2.75, 3.05) is 0 Å². The molecule has 0 aromatic heterocycles. The van der Waals surface area contributed by atoms with Gasteiger partial charge in [-0.1, -0.05) is 121 Å². The summed E-state index contributed by atoms with van der Waals surface area (Å²) in [5.74, 6) is 0. The van der Waals surface area contributed by atoms with Gasteiger partial charge in [0.15, 0.2) is 0 Å².